The highest BCUT2D eigenvalue weighted by atomic mass is 16.5. The number of benzene rings is 1. The van der Waals surface area contributed by atoms with Crippen LogP contribution in [0.5, 0.6) is 5.75 Å². The molecule has 0 saturated carbocycles. The van der Waals surface area contributed by atoms with E-state index < -0.39 is 0 Å². The zero-order valence-electron chi connectivity index (χ0n) is 8.07. The predicted molar refractivity (Wildman–Crippen MR) is 54.4 cm³/mol. The maximum Gasteiger partial charge on any atom is 0.115 e. The molecule has 1 aliphatic heterocycles. The van der Waals surface area contributed by atoms with Crippen LogP contribution in [0.3, 0.4) is 0 Å². The van der Waals surface area contributed by atoms with Crippen LogP contribution in [-0.4, -0.2) is 30.9 Å². The van der Waals surface area contributed by atoms with E-state index >= 15 is 0 Å². The Morgan fingerprint density at radius 2 is 2.00 bits per heavy atom. The molecule has 0 bridgehead atoms. The summed E-state index contributed by atoms with van der Waals surface area (Å²) in [6.45, 7) is 2.72. The van der Waals surface area contributed by atoms with Gasteiger partial charge in [-0.3, -0.25) is 0 Å². The van der Waals surface area contributed by atoms with Gasteiger partial charge in [0.25, 0.3) is 0 Å². The number of hydrogen-bond acceptors (Lipinski definition) is 3. The van der Waals surface area contributed by atoms with Crippen molar-refractivity contribution in [3.05, 3.63) is 29.8 Å². The number of nitrogens with one attached hydrogen (secondary N) is 1. The van der Waals surface area contributed by atoms with Crippen molar-refractivity contribution in [3.8, 4) is 5.75 Å². The molecular weight excluding hydrogens is 178 g/mol. The monoisotopic (exact) mass is 193 g/mol. The number of aromatic hydroxyl groups is 1. The molecule has 0 aliphatic carbocycles. The molecule has 76 valence electrons. The van der Waals surface area contributed by atoms with Gasteiger partial charge in [-0.1, -0.05) is 12.1 Å². The molecule has 0 radical (unpaired) electrons. The van der Waals surface area contributed by atoms with Crippen molar-refractivity contribution in [3.63, 3.8) is 0 Å². The molecule has 2 rings (SSSR count). The Balaban J connectivity index is 1.71. The topological polar surface area (TPSA) is 41.5 Å². The van der Waals surface area contributed by atoms with Gasteiger partial charge in [-0.25, -0.2) is 0 Å². The quantitative estimate of drug-likeness (QED) is 0.747. The second-order valence-electron chi connectivity index (χ2n) is 3.57. The molecule has 3 heteroatoms. The minimum atomic E-state index is 0.317. The van der Waals surface area contributed by atoms with Gasteiger partial charge in [-0.2, -0.15) is 0 Å². The van der Waals surface area contributed by atoms with Crippen LogP contribution < -0.4 is 5.32 Å². The van der Waals surface area contributed by atoms with Crippen molar-refractivity contribution in [2.75, 3.05) is 19.7 Å². The molecule has 0 spiro atoms. The summed E-state index contributed by atoms with van der Waals surface area (Å²) in [4.78, 5) is 0. The molecule has 2 N–H and O–H groups in total. The van der Waals surface area contributed by atoms with E-state index in [-0.39, 0.29) is 0 Å². The number of ether oxygens (including phenoxy) is 1. The summed E-state index contributed by atoms with van der Waals surface area (Å²) in [6.07, 6.45) is 1.32. The van der Waals surface area contributed by atoms with Crippen LogP contribution in [0.4, 0.5) is 0 Å². The second kappa shape index (κ2) is 4.44. The van der Waals surface area contributed by atoms with Crippen LogP contribution in [0, 0.1) is 0 Å². The summed E-state index contributed by atoms with van der Waals surface area (Å²) in [5, 5.41) is 12.2. The number of phenolic OH excluding ortho intramolecular Hbond substituents is 1. The van der Waals surface area contributed by atoms with Crippen molar-refractivity contribution in [1.82, 2.24) is 5.32 Å². The Morgan fingerprint density at radius 3 is 2.57 bits per heavy atom. The Morgan fingerprint density at radius 1 is 1.29 bits per heavy atom. The first-order chi connectivity index (χ1) is 6.84. The van der Waals surface area contributed by atoms with Crippen LogP contribution in [0.25, 0.3) is 0 Å². The van der Waals surface area contributed by atoms with E-state index in [0.717, 1.165) is 26.1 Å². The highest BCUT2D eigenvalue weighted by Gasteiger charge is 2.16. The Hall–Kier alpha value is -1.06. The molecule has 14 heavy (non-hydrogen) atoms. The Kier molecular flexibility index (Phi) is 3.01. The van der Waals surface area contributed by atoms with Gasteiger partial charge in [0.05, 0.1) is 12.7 Å². The third kappa shape index (κ3) is 2.47. The van der Waals surface area contributed by atoms with Crippen molar-refractivity contribution < 1.29 is 9.84 Å². The third-order valence-electron chi connectivity index (χ3n) is 2.42. The zero-order chi connectivity index (χ0) is 9.80. The molecule has 1 aliphatic rings. The SMILES string of the molecule is Oc1ccc(CCOC2CNC2)cc1. The zero-order valence-corrected chi connectivity index (χ0v) is 8.07. The Bertz CT molecular complexity index is 280. The van der Waals surface area contributed by atoms with Crippen molar-refractivity contribution in [2.45, 2.75) is 12.5 Å². The van der Waals surface area contributed by atoms with Gasteiger partial charge in [-0.15, -0.1) is 0 Å². The van der Waals surface area contributed by atoms with Gasteiger partial charge in [-0.05, 0) is 24.1 Å². The lowest BCUT2D eigenvalue weighted by molar-refractivity contribution is 0.0208. The lowest BCUT2D eigenvalue weighted by atomic mass is 10.1. The normalized spacial score (nSPS) is 16.6. The van der Waals surface area contributed by atoms with E-state index in [0.29, 0.717) is 11.9 Å². The highest BCUT2D eigenvalue weighted by molar-refractivity contribution is 5.25. The van der Waals surface area contributed by atoms with Crippen LogP contribution in [0.15, 0.2) is 24.3 Å². The fourth-order valence-corrected chi connectivity index (χ4v) is 1.39. The predicted octanol–water partition coefficient (Wildman–Crippen LogP) is 0.923. The molecule has 1 heterocycles. The van der Waals surface area contributed by atoms with Crippen LogP contribution in [0.1, 0.15) is 5.56 Å². The summed E-state index contributed by atoms with van der Waals surface area (Å²) in [5.74, 6) is 0.317. The highest BCUT2D eigenvalue weighted by Crippen LogP contribution is 2.10. The lowest BCUT2D eigenvalue weighted by Gasteiger charge is -2.27. The maximum atomic E-state index is 9.08. The molecule has 0 aromatic heterocycles. The number of phenols is 1. The van der Waals surface area contributed by atoms with E-state index in [4.69, 9.17) is 9.84 Å². The molecule has 1 fully saturated rings. The smallest absolute Gasteiger partial charge is 0.115 e. The number of rotatable bonds is 4. The molecular formula is C11H15NO2. The largest absolute Gasteiger partial charge is 0.508 e. The first kappa shape index (κ1) is 9.49. The summed E-state index contributed by atoms with van der Waals surface area (Å²) < 4.78 is 5.59. The third-order valence-corrected chi connectivity index (χ3v) is 2.42. The average molecular weight is 193 g/mol. The van der Waals surface area contributed by atoms with Gasteiger partial charge in [0, 0.05) is 13.1 Å². The van der Waals surface area contributed by atoms with Gasteiger partial charge >= 0.3 is 0 Å². The van der Waals surface area contributed by atoms with Crippen molar-refractivity contribution >= 4 is 0 Å². The maximum absolute atomic E-state index is 9.08. The van der Waals surface area contributed by atoms with E-state index in [9.17, 15) is 0 Å². The average Bonchev–Trinajstić information content (AvgIpc) is 2.12. The van der Waals surface area contributed by atoms with Crippen molar-refractivity contribution in [1.29, 1.82) is 0 Å². The van der Waals surface area contributed by atoms with Gasteiger partial charge < -0.3 is 15.2 Å². The minimum absolute atomic E-state index is 0.317. The fourth-order valence-electron chi connectivity index (χ4n) is 1.39. The number of hydrogen-bond donors (Lipinski definition) is 2. The molecule has 3 nitrogen and oxygen atoms in total. The van der Waals surface area contributed by atoms with E-state index in [1.807, 2.05) is 12.1 Å². The van der Waals surface area contributed by atoms with Crippen molar-refractivity contribution in [2.24, 2.45) is 0 Å². The van der Waals surface area contributed by atoms with E-state index in [2.05, 4.69) is 5.32 Å². The molecule has 0 atom stereocenters. The van der Waals surface area contributed by atoms with Gasteiger partial charge in [0.15, 0.2) is 0 Å². The molecule has 0 unspecified atom stereocenters. The molecule has 1 aromatic carbocycles. The molecule has 1 saturated heterocycles. The summed E-state index contributed by atoms with van der Waals surface area (Å²) >= 11 is 0. The first-order valence-electron chi connectivity index (χ1n) is 4.95. The summed E-state index contributed by atoms with van der Waals surface area (Å²) in [5.41, 5.74) is 1.20. The lowest BCUT2D eigenvalue weighted by Crippen LogP contribution is -2.48. The standard InChI is InChI=1S/C11H15NO2/c13-10-3-1-9(2-4-10)5-6-14-11-7-12-8-11/h1-4,11-13H,5-8H2. The molecule has 0 amide bonds. The van der Waals surface area contributed by atoms with E-state index in [1.54, 1.807) is 12.1 Å². The van der Waals surface area contributed by atoms with Crippen LogP contribution >= 0.6 is 0 Å². The fraction of sp³-hybridized carbons (Fsp3) is 0.455. The summed E-state index contributed by atoms with van der Waals surface area (Å²) in [6, 6.07) is 7.27. The Labute approximate surface area is 83.7 Å². The minimum Gasteiger partial charge on any atom is -0.508 e. The first-order valence-corrected chi connectivity index (χ1v) is 4.95. The van der Waals surface area contributed by atoms with Gasteiger partial charge in [0.2, 0.25) is 0 Å². The van der Waals surface area contributed by atoms with E-state index in [1.165, 1.54) is 5.56 Å². The molecule has 1 aromatic rings. The van der Waals surface area contributed by atoms with Crippen LogP contribution in [-0.2, 0) is 11.2 Å². The van der Waals surface area contributed by atoms with Gasteiger partial charge in [0.1, 0.15) is 5.75 Å². The summed E-state index contributed by atoms with van der Waals surface area (Å²) in [7, 11) is 0. The van der Waals surface area contributed by atoms with Crippen LogP contribution in [0.2, 0.25) is 0 Å². The second-order valence-corrected chi connectivity index (χ2v) is 3.57.